The summed E-state index contributed by atoms with van der Waals surface area (Å²) < 4.78 is 22.3. The first-order valence-electron chi connectivity index (χ1n) is 9.50. The van der Waals surface area contributed by atoms with E-state index in [1.807, 2.05) is 13.0 Å². The Bertz CT molecular complexity index is 1140. The van der Waals surface area contributed by atoms with Crippen molar-refractivity contribution < 1.29 is 23.4 Å². The molecule has 3 aromatic rings. The summed E-state index contributed by atoms with van der Waals surface area (Å²) in [5.74, 6) is 0.691. The number of amides is 1. The molecular formula is C23H25NO6. The number of benzene rings is 2. The number of fused-ring (bicyclic) bond motifs is 1. The van der Waals surface area contributed by atoms with Crippen molar-refractivity contribution in [3.63, 3.8) is 0 Å². The third kappa shape index (κ3) is 3.70. The molecule has 0 spiro atoms. The van der Waals surface area contributed by atoms with Crippen LogP contribution in [0.2, 0.25) is 0 Å². The van der Waals surface area contributed by atoms with E-state index in [-0.39, 0.29) is 28.7 Å². The zero-order valence-corrected chi connectivity index (χ0v) is 17.9. The van der Waals surface area contributed by atoms with Crippen LogP contribution in [0.25, 0.3) is 22.1 Å². The lowest BCUT2D eigenvalue weighted by atomic mass is 10.0. The van der Waals surface area contributed by atoms with E-state index in [4.69, 9.17) is 18.6 Å². The Hall–Kier alpha value is -3.48. The number of anilines is 1. The Morgan fingerprint density at radius 2 is 1.67 bits per heavy atom. The predicted molar refractivity (Wildman–Crippen MR) is 116 cm³/mol. The molecule has 0 saturated carbocycles. The maximum absolute atomic E-state index is 13.5. The molecule has 0 aliphatic carbocycles. The highest BCUT2D eigenvalue weighted by atomic mass is 16.5. The van der Waals surface area contributed by atoms with Crippen LogP contribution in [0.3, 0.4) is 0 Å². The average molecular weight is 411 g/mol. The number of rotatable bonds is 6. The van der Waals surface area contributed by atoms with E-state index in [0.717, 1.165) is 5.56 Å². The molecule has 0 aliphatic rings. The molecule has 1 aromatic heterocycles. The lowest BCUT2D eigenvalue weighted by Crippen LogP contribution is -2.20. The van der Waals surface area contributed by atoms with Crippen LogP contribution >= 0.6 is 0 Å². The van der Waals surface area contributed by atoms with Crippen molar-refractivity contribution in [1.29, 1.82) is 0 Å². The van der Waals surface area contributed by atoms with Crippen molar-refractivity contribution in [3.05, 3.63) is 46.1 Å². The number of aryl methyl sites for hydroxylation is 1. The van der Waals surface area contributed by atoms with Gasteiger partial charge in [0, 0.05) is 5.92 Å². The minimum absolute atomic E-state index is 0.0785. The van der Waals surface area contributed by atoms with Gasteiger partial charge in [-0.1, -0.05) is 26.0 Å². The fourth-order valence-corrected chi connectivity index (χ4v) is 3.19. The maximum Gasteiger partial charge on any atom is 0.229 e. The first-order valence-corrected chi connectivity index (χ1v) is 9.50. The molecular weight excluding hydrogens is 386 g/mol. The van der Waals surface area contributed by atoms with Crippen molar-refractivity contribution in [2.24, 2.45) is 5.92 Å². The molecule has 1 N–H and O–H groups in total. The quantitative estimate of drug-likeness (QED) is 0.647. The fourth-order valence-electron chi connectivity index (χ4n) is 3.19. The molecule has 158 valence electrons. The molecule has 0 atom stereocenters. The molecule has 3 rings (SSSR count). The molecule has 1 amide bonds. The van der Waals surface area contributed by atoms with Gasteiger partial charge in [0.1, 0.15) is 5.58 Å². The molecule has 1 heterocycles. The smallest absolute Gasteiger partial charge is 0.229 e. The first kappa shape index (κ1) is 21.2. The van der Waals surface area contributed by atoms with Crippen molar-refractivity contribution in [1.82, 2.24) is 0 Å². The van der Waals surface area contributed by atoms with Gasteiger partial charge in [0.2, 0.25) is 23.0 Å². The normalized spacial score (nSPS) is 10.9. The van der Waals surface area contributed by atoms with Crippen molar-refractivity contribution in [2.45, 2.75) is 20.8 Å². The van der Waals surface area contributed by atoms with Gasteiger partial charge in [-0.15, -0.1) is 0 Å². The summed E-state index contributed by atoms with van der Waals surface area (Å²) in [5, 5.41) is 3.17. The minimum atomic E-state index is -0.296. The van der Waals surface area contributed by atoms with E-state index >= 15 is 0 Å². The largest absolute Gasteiger partial charge is 0.493 e. The van der Waals surface area contributed by atoms with Gasteiger partial charge in [-0.05, 0) is 36.2 Å². The molecule has 0 bridgehead atoms. The molecule has 0 fully saturated rings. The summed E-state index contributed by atoms with van der Waals surface area (Å²) in [5.41, 5.74) is 1.63. The summed E-state index contributed by atoms with van der Waals surface area (Å²) in [6, 6.07) is 8.64. The minimum Gasteiger partial charge on any atom is -0.493 e. The summed E-state index contributed by atoms with van der Waals surface area (Å²) >= 11 is 0. The maximum atomic E-state index is 13.5. The number of para-hydroxylation sites is 1. The van der Waals surface area contributed by atoms with E-state index in [2.05, 4.69) is 5.32 Å². The van der Waals surface area contributed by atoms with E-state index in [1.54, 1.807) is 38.1 Å². The fraction of sp³-hybridized carbons (Fsp3) is 0.304. The number of hydrogen-bond donors (Lipinski definition) is 1. The van der Waals surface area contributed by atoms with Crippen LogP contribution in [-0.4, -0.2) is 27.2 Å². The third-order valence-corrected chi connectivity index (χ3v) is 4.83. The summed E-state index contributed by atoms with van der Waals surface area (Å²) in [6.45, 7) is 5.37. The number of ether oxygens (including phenoxy) is 3. The summed E-state index contributed by atoms with van der Waals surface area (Å²) in [7, 11) is 4.49. The molecule has 0 radical (unpaired) electrons. The Balaban J connectivity index is 2.38. The van der Waals surface area contributed by atoms with E-state index < -0.39 is 0 Å². The standard InChI is InChI=1S/C23H25NO6/c1-12(2)22(26)24-23-18(19(25)15-9-7-8-13(3)20(15)30-23)14-10-16(27-4)21(29-6)17(11-14)28-5/h7-12H,1-6H3,(H,24,26). The Labute approximate surface area is 174 Å². The molecule has 0 unspecified atom stereocenters. The highest BCUT2D eigenvalue weighted by Crippen LogP contribution is 2.42. The monoisotopic (exact) mass is 411 g/mol. The van der Waals surface area contributed by atoms with Gasteiger partial charge in [-0.25, -0.2) is 0 Å². The van der Waals surface area contributed by atoms with Crippen molar-refractivity contribution in [3.8, 4) is 28.4 Å². The lowest BCUT2D eigenvalue weighted by Gasteiger charge is -2.16. The SMILES string of the molecule is COc1cc(-c2c(NC(=O)C(C)C)oc3c(C)cccc3c2=O)cc(OC)c1OC. The molecule has 0 aliphatic heterocycles. The van der Waals surface area contributed by atoms with E-state index in [9.17, 15) is 9.59 Å². The molecule has 7 nitrogen and oxygen atoms in total. The Kier molecular flexibility index (Phi) is 6.01. The second-order valence-corrected chi connectivity index (χ2v) is 7.14. The van der Waals surface area contributed by atoms with Crippen molar-refractivity contribution >= 4 is 22.8 Å². The number of carbonyl (C=O) groups excluding carboxylic acids is 1. The van der Waals surface area contributed by atoms with Crippen LogP contribution in [0, 0.1) is 12.8 Å². The van der Waals surface area contributed by atoms with E-state index in [1.165, 1.54) is 21.3 Å². The average Bonchev–Trinajstić information content (AvgIpc) is 2.73. The van der Waals surface area contributed by atoms with Crippen LogP contribution in [-0.2, 0) is 4.79 Å². The lowest BCUT2D eigenvalue weighted by molar-refractivity contribution is -0.119. The molecule has 30 heavy (non-hydrogen) atoms. The number of carbonyl (C=O) groups is 1. The van der Waals surface area contributed by atoms with Crippen LogP contribution < -0.4 is 25.0 Å². The Morgan fingerprint density at radius 3 is 2.20 bits per heavy atom. The van der Waals surface area contributed by atoms with Gasteiger partial charge in [-0.3, -0.25) is 14.9 Å². The zero-order chi connectivity index (χ0) is 22.0. The molecule has 2 aromatic carbocycles. The van der Waals surface area contributed by atoms with Gasteiger partial charge in [0.15, 0.2) is 11.5 Å². The van der Waals surface area contributed by atoms with Crippen LogP contribution in [0.5, 0.6) is 17.2 Å². The third-order valence-electron chi connectivity index (χ3n) is 4.83. The summed E-state index contributed by atoms with van der Waals surface area (Å²) in [6.07, 6.45) is 0. The van der Waals surface area contributed by atoms with Crippen LogP contribution in [0.1, 0.15) is 19.4 Å². The van der Waals surface area contributed by atoms with Gasteiger partial charge in [0.25, 0.3) is 0 Å². The number of nitrogens with one attached hydrogen (secondary N) is 1. The first-order chi connectivity index (χ1) is 14.3. The van der Waals surface area contributed by atoms with Gasteiger partial charge in [-0.2, -0.15) is 0 Å². The van der Waals surface area contributed by atoms with Crippen LogP contribution in [0.4, 0.5) is 5.88 Å². The number of hydrogen-bond acceptors (Lipinski definition) is 6. The topological polar surface area (TPSA) is 87.0 Å². The molecule has 7 heteroatoms. The highest BCUT2D eigenvalue weighted by molar-refractivity contribution is 5.97. The summed E-state index contributed by atoms with van der Waals surface area (Å²) in [4.78, 5) is 25.9. The van der Waals surface area contributed by atoms with Crippen LogP contribution in [0.15, 0.2) is 39.5 Å². The van der Waals surface area contributed by atoms with Gasteiger partial charge >= 0.3 is 0 Å². The van der Waals surface area contributed by atoms with Crippen molar-refractivity contribution in [2.75, 3.05) is 26.6 Å². The van der Waals surface area contributed by atoms with Gasteiger partial charge in [0.05, 0.1) is 32.3 Å². The molecule has 0 saturated heterocycles. The second kappa shape index (κ2) is 8.49. The van der Waals surface area contributed by atoms with E-state index in [0.29, 0.717) is 33.8 Å². The zero-order valence-electron chi connectivity index (χ0n) is 17.9. The Morgan fingerprint density at radius 1 is 1.03 bits per heavy atom. The number of methoxy groups -OCH3 is 3. The highest BCUT2D eigenvalue weighted by Gasteiger charge is 2.23. The predicted octanol–water partition coefficient (Wildman–Crippen LogP) is 4.39. The second-order valence-electron chi connectivity index (χ2n) is 7.14. The van der Waals surface area contributed by atoms with Gasteiger partial charge < -0.3 is 18.6 Å².